The number of ketones is 1. The summed E-state index contributed by atoms with van der Waals surface area (Å²) in [6, 6.07) is 3.18. The standard InChI is InChI=1S/C10H11ClN2O3.C2H6/c11-5-1-2-6(7(12)3-5)9(14)4-8(13)10(15)16;1-2/h1-3,8H,4,12-13H2,(H,15,16);1-2H3. The van der Waals surface area contributed by atoms with E-state index in [-0.39, 0.29) is 17.7 Å². The lowest BCUT2D eigenvalue weighted by Gasteiger charge is -2.07. The van der Waals surface area contributed by atoms with Crippen molar-refractivity contribution in [2.45, 2.75) is 26.3 Å². The van der Waals surface area contributed by atoms with Crippen LogP contribution in [0.2, 0.25) is 5.02 Å². The molecule has 18 heavy (non-hydrogen) atoms. The minimum Gasteiger partial charge on any atom is -0.480 e. The number of aliphatic carboxylic acids is 1. The van der Waals surface area contributed by atoms with Crippen LogP contribution in [0.3, 0.4) is 0 Å². The molecule has 0 aliphatic heterocycles. The number of carbonyl (C=O) groups is 2. The molecule has 0 bridgehead atoms. The van der Waals surface area contributed by atoms with E-state index < -0.39 is 17.8 Å². The highest BCUT2D eigenvalue weighted by molar-refractivity contribution is 6.31. The third kappa shape index (κ3) is 4.73. The molecule has 1 aromatic rings. The van der Waals surface area contributed by atoms with Gasteiger partial charge in [0.25, 0.3) is 0 Å². The molecular weight excluding hydrogens is 256 g/mol. The van der Waals surface area contributed by atoms with Gasteiger partial charge in [0, 0.05) is 22.7 Å². The van der Waals surface area contributed by atoms with Crippen molar-refractivity contribution >= 4 is 29.0 Å². The van der Waals surface area contributed by atoms with Crippen molar-refractivity contribution in [1.29, 1.82) is 0 Å². The summed E-state index contributed by atoms with van der Waals surface area (Å²) in [5.41, 5.74) is 11.3. The number of hydrogen-bond donors (Lipinski definition) is 3. The quantitative estimate of drug-likeness (QED) is 0.573. The Morgan fingerprint density at radius 3 is 2.39 bits per heavy atom. The fourth-order valence-electron chi connectivity index (χ4n) is 1.18. The molecule has 0 fully saturated rings. The van der Waals surface area contributed by atoms with Crippen LogP contribution >= 0.6 is 11.6 Å². The molecule has 0 saturated carbocycles. The summed E-state index contributed by atoms with van der Waals surface area (Å²) in [7, 11) is 0. The molecule has 0 radical (unpaired) electrons. The molecule has 1 atom stereocenters. The normalized spacial score (nSPS) is 11.1. The number of halogens is 1. The molecule has 0 spiro atoms. The third-order valence-corrected chi connectivity index (χ3v) is 2.27. The summed E-state index contributed by atoms with van der Waals surface area (Å²) in [5.74, 6) is -1.63. The van der Waals surface area contributed by atoms with E-state index in [4.69, 9.17) is 28.2 Å². The van der Waals surface area contributed by atoms with Gasteiger partial charge in [-0.1, -0.05) is 25.4 Å². The monoisotopic (exact) mass is 272 g/mol. The van der Waals surface area contributed by atoms with Gasteiger partial charge in [0.05, 0.1) is 0 Å². The molecule has 0 saturated heterocycles. The second-order valence-electron chi connectivity index (χ2n) is 3.30. The van der Waals surface area contributed by atoms with Crippen molar-refractivity contribution in [3.63, 3.8) is 0 Å². The molecule has 0 heterocycles. The van der Waals surface area contributed by atoms with Crippen LogP contribution in [-0.2, 0) is 4.79 Å². The van der Waals surface area contributed by atoms with Crippen molar-refractivity contribution in [2.24, 2.45) is 5.73 Å². The van der Waals surface area contributed by atoms with Crippen LogP contribution in [0.4, 0.5) is 5.69 Å². The summed E-state index contributed by atoms with van der Waals surface area (Å²) in [6.07, 6.45) is -0.291. The Kier molecular flexibility index (Phi) is 7.00. The second-order valence-corrected chi connectivity index (χ2v) is 3.74. The van der Waals surface area contributed by atoms with Crippen LogP contribution in [0.1, 0.15) is 30.6 Å². The molecular formula is C12H17ClN2O3. The van der Waals surface area contributed by atoms with E-state index in [1.165, 1.54) is 18.2 Å². The van der Waals surface area contributed by atoms with Gasteiger partial charge in [-0.3, -0.25) is 9.59 Å². The Morgan fingerprint density at radius 1 is 1.39 bits per heavy atom. The van der Waals surface area contributed by atoms with Crippen LogP contribution in [0.15, 0.2) is 18.2 Å². The summed E-state index contributed by atoms with van der Waals surface area (Å²) >= 11 is 5.67. The van der Waals surface area contributed by atoms with Gasteiger partial charge >= 0.3 is 5.97 Å². The third-order valence-electron chi connectivity index (χ3n) is 2.04. The van der Waals surface area contributed by atoms with Crippen molar-refractivity contribution in [2.75, 3.05) is 5.73 Å². The minimum atomic E-state index is -1.22. The predicted molar refractivity (Wildman–Crippen MR) is 71.8 cm³/mol. The zero-order chi connectivity index (χ0) is 14.3. The largest absolute Gasteiger partial charge is 0.480 e. The van der Waals surface area contributed by atoms with E-state index in [9.17, 15) is 9.59 Å². The maximum atomic E-state index is 11.6. The Bertz CT molecular complexity index is 435. The Balaban J connectivity index is 0.00000137. The van der Waals surface area contributed by atoms with Gasteiger partial charge in [0.15, 0.2) is 5.78 Å². The van der Waals surface area contributed by atoms with E-state index in [1.807, 2.05) is 13.8 Å². The zero-order valence-corrected chi connectivity index (χ0v) is 11.1. The number of nitrogen functional groups attached to an aromatic ring is 1. The van der Waals surface area contributed by atoms with Crippen molar-refractivity contribution in [1.82, 2.24) is 0 Å². The van der Waals surface area contributed by atoms with Crippen LogP contribution in [-0.4, -0.2) is 22.9 Å². The highest BCUT2D eigenvalue weighted by atomic mass is 35.5. The molecule has 1 aromatic carbocycles. The van der Waals surface area contributed by atoms with Gasteiger partial charge in [0.1, 0.15) is 6.04 Å². The topological polar surface area (TPSA) is 106 Å². The van der Waals surface area contributed by atoms with Crippen LogP contribution < -0.4 is 11.5 Å². The molecule has 5 N–H and O–H groups in total. The number of benzene rings is 1. The first-order valence-corrected chi connectivity index (χ1v) is 5.86. The number of Topliss-reactive ketones (excluding diaryl/α,β-unsaturated/α-hetero) is 1. The molecule has 100 valence electrons. The number of carboxylic acid groups (broad SMARTS) is 1. The van der Waals surface area contributed by atoms with Gasteiger partial charge < -0.3 is 16.6 Å². The summed E-state index contributed by atoms with van der Waals surface area (Å²) < 4.78 is 0. The highest BCUT2D eigenvalue weighted by Crippen LogP contribution is 2.19. The maximum Gasteiger partial charge on any atom is 0.320 e. The molecule has 1 rings (SSSR count). The summed E-state index contributed by atoms with van der Waals surface area (Å²) in [4.78, 5) is 22.1. The smallest absolute Gasteiger partial charge is 0.320 e. The lowest BCUT2D eigenvalue weighted by Crippen LogP contribution is -2.32. The summed E-state index contributed by atoms with van der Waals surface area (Å²) in [6.45, 7) is 4.00. The summed E-state index contributed by atoms with van der Waals surface area (Å²) in [5, 5.41) is 8.98. The van der Waals surface area contributed by atoms with Gasteiger partial charge in [-0.05, 0) is 18.2 Å². The van der Waals surface area contributed by atoms with Crippen molar-refractivity contribution in [3.8, 4) is 0 Å². The number of carboxylic acids is 1. The molecule has 0 amide bonds. The predicted octanol–water partition coefficient (Wildman–Crippen LogP) is 1.93. The highest BCUT2D eigenvalue weighted by Gasteiger charge is 2.18. The average Bonchev–Trinajstić information content (AvgIpc) is 2.31. The number of carbonyl (C=O) groups excluding carboxylic acids is 1. The van der Waals surface area contributed by atoms with Crippen molar-refractivity contribution < 1.29 is 14.7 Å². The Labute approximate surface area is 111 Å². The van der Waals surface area contributed by atoms with E-state index in [2.05, 4.69) is 0 Å². The maximum absolute atomic E-state index is 11.6. The number of rotatable bonds is 4. The molecule has 1 unspecified atom stereocenters. The van der Waals surface area contributed by atoms with E-state index in [0.717, 1.165) is 0 Å². The van der Waals surface area contributed by atoms with Crippen LogP contribution in [0, 0.1) is 0 Å². The van der Waals surface area contributed by atoms with Crippen LogP contribution in [0.25, 0.3) is 0 Å². The lowest BCUT2D eigenvalue weighted by atomic mass is 10.0. The minimum absolute atomic E-state index is 0.218. The fraction of sp³-hybridized carbons (Fsp3) is 0.333. The lowest BCUT2D eigenvalue weighted by molar-refractivity contribution is -0.138. The molecule has 5 nitrogen and oxygen atoms in total. The van der Waals surface area contributed by atoms with Gasteiger partial charge in [0.2, 0.25) is 0 Å². The average molecular weight is 273 g/mol. The molecule has 6 heteroatoms. The van der Waals surface area contributed by atoms with Gasteiger partial charge in [-0.15, -0.1) is 0 Å². The van der Waals surface area contributed by atoms with Gasteiger partial charge in [-0.25, -0.2) is 0 Å². The zero-order valence-electron chi connectivity index (χ0n) is 10.3. The molecule has 0 aliphatic rings. The van der Waals surface area contributed by atoms with E-state index in [0.29, 0.717) is 5.02 Å². The number of anilines is 1. The van der Waals surface area contributed by atoms with Gasteiger partial charge in [-0.2, -0.15) is 0 Å². The van der Waals surface area contributed by atoms with E-state index >= 15 is 0 Å². The van der Waals surface area contributed by atoms with Crippen molar-refractivity contribution in [3.05, 3.63) is 28.8 Å². The second kappa shape index (κ2) is 7.68. The van der Waals surface area contributed by atoms with Crippen LogP contribution in [0.5, 0.6) is 0 Å². The Morgan fingerprint density at radius 2 is 1.94 bits per heavy atom. The molecule has 0 aromatic heterocycles. The number of nitrogens with two attached hydrogens (primary N) is 2. The molecule has 0 aliphatic carbocycles. The first kappa shape index (κ1) is 16.4. The fourth-order valence-corrected chi connectivity index (χ4v) is 1.37. The first-order valence-electron chi connectivity index (χ1n) is 5.48. The number of hydrogen-bond acceptors (Lipinski definition) is 4. The van der Waals surface area contributed by atoms with E-state index in [1.54, 1.807) is 0 Å². The Hall–Kier alpha value is -1.59. The first-order chi connectivity index (χ1) is 8.41. The SMILES string of the molecule is CC.Nc1cc(Cl)ccc1C(=O)CC(N)C(=O)O.